The van der Waals surface area contributed by atoms with E-state index in [1.165, 1.54) is 0 Å². The summed E-state index contributed by atoms with van der Waals surface area (Å²) < 4.78 is 32.3. The number of hydrogen-bond acceptors (Lipinski definition) is 6. The third-order valence-electron chi connectivity index (χ3n) is 6.26. The minimum Gasteiger partial charge on any atom is -0.360 e. The molecule has 2 heterocycles. The SMILES string of the molecule is NC1CCC(CS(=O)(=O)N2CCC(NC(=O)c3cc(C4CC4)on3)CC2)CC1. The molecule has 9 heteroatoms. The van der Waals surface area contributed by atoms with E-state index in [-0.39, 0.29) is 29.7 Å². The Morgan fingerprint density at radius 2 is 1.82 bits per heavy atom. The number of sulfonamides is 1. The largest absolute Gasteiger partial charge is 0.360 e. The first kappa shape index (κ1) is 19.8. The van der Waals surface area contributed by atoms with Gasteiger partial charge in [0.05, 0.1) is 5.75 Å². The van der Waals surface area contributed by atoms with Crippen molar-refractivity contribution in [2.45, 2.75) is 69.4 Å². The molecule has 0 radical (unpaired) electrons. The lowest BCUT2D eigenvalue weighted by Gasteiger charge is -2.33. The average molecular weight is 411 g/mol. The molecule has 3 fully saturated rings. The van der Waals surface area contributed by atoms with Crippen molar-refractivity contribution in [1.82, 2.24) is 14.8 Å². The predicted molar refractivity (Wildman–Crippen MR) is 104 cm³/mol. The van der Waals surface area contributed by atoms with Gasteiger partial charge in [-0.05, 0) is 57.3 Å². The summed E-state index contributed by atoms with van der Waals surface area (Å²) in [4.78, 5) is 12.4. The highest BCUT2D eigenvalue weighted by Gasteiger charge is 2.33. The molecule has 0 spiro atoms. The van der Waals surface area contributed by atoms with Gasteiger partial charge in [-0.2, -0.15) is 0 Å². The molecule has 2 aliphatic carbocycles. The second-order valence-corrected chi connectivity index (χ2v) is 10.6. The van der Waals surface area contributed by atoms with Crippen molar-refractivity contribution < 1.29 is 17.7 Å². The maximum absolute atomic E-state index is 12.7. The average Bonchev–Trinajstić information content (AvgIpc) is 3.40. The van der Waals surface area contributed by atoms with Crippen LogP contribution in [-0.2, 0) is 10.0 Å². The molecule has 3 N–H and O–H groups in total. The van der Waals surface area contributed by atoms with Crippen molar-refractivity contribution in [2.24, 2.45) is 11.7 Å². The normalized spacial score (nSPS) is 27.6. The molecule has 8 nitrogen and oxygen atoms in total. The first-order chi connectivity index (χ1) is 13.4. The van der Waals surface area contributed by atoms with Crippen LogP contribution in [0.5, 0.6) is 0 Å². The molecule has 1 amide bonds. The molecule has 4 rings (SSSR count). The summed E-state index contributed by atoms with van der Waals surface area (Å²) in [6.07, 6.45) is 7.05. The second-order valence-electron chi connectivity index (χ2n) is 8.59. The Morgan fingerprint density at radius 3 is 2.46 bits per heavy atom. The zero-order chi connectivity index (χ0) is 19.7. The third-order valence-corrected chi connectivity index (χ3v) is 8.31. The van der Waals surface area contributed by atoms with Crippen LogP contribution in [0.25, 0.3) is 0 Å². The fraction of sp³-hybridized carbons (Fsp3) is 0.789. The van der Waals surface area contributed by atoms with Gasteiger partial charge in [0, 0.05) is 37.2 Å². The van der Waals surface area contributed by atoms with Gasteiger partial charge in [-0.3, -0.25) is 4.79 Å². The van der Waals surface area contributed by atoms with Gasteiger partial charge in [0.2, 0.25) is 10.0 Å². The summed E-state index contributed by atoms with van der Waals surface area (Å²) in [5.41, 5.74) is 6.23. The lowest BCUT2D eigenvalue weighted by molar-refractivity contribution is 0.0914. The van der Waals surface area contributed by atoms with Crippen molar-refractivity contribution in [2.75, 3.05) is 18.8 Å². The molecule has 3 aliphatic rings. The van der Waals surface area contributed by atoms with Crippen LogP contribution in [0.15, 0.2) is 10.6 Å². The third kappa shape index (κ3) is 4.75. The number of nitrogens with zero attached hydrogens (tertiary/aromatic N) is 2. The Bertz CT molecular complexity index is 789. The second kappa shape index (κ2) is 8.12. The lowest BCUT2D eigenvalue weighted by Crippen LogP contribution is -2.47. The predicted octanol–water partition coefficient (Wildman–Crippen LogP) is 1.59. The Kier molecular flexibility index (Phi) is 5.76. The summed E-state index contributed by atoms with van der Waals surface area (Å²) in [5, 5.41) is 6.83. The van der Waals surface area contributed by atoms with Crippen LogP contribution in [0.3, 0.4) is 0 Å². The summed E-state index contributed by atoms with van der Waals surface area (Å²) >= 11 is 0. The van der Waals surface area contributed by atoms with Gasteiger partial charge in [0.15, 0.2) is 5.69 Å². The van der Waals surface area contributed by atoms with Crippen LogP contribution in [0.2, 0.25) is 0 Å². The highest BCUT2D eigenvalue weighted by molar-refractivity contribution is 7.89. The molecule has 1 aromatic heterocycles. The molecule has 1 aromatic rings. The van der Waals surface area contributed by atoms with E-state index in [1.807, 2.05) is 0 Å². The van der Waals surface area contributed by atoms with E-state index in [9.17, 15) is 13.2 Å². The molecular weight excluding hydrogens is 380 g/mol. The molecule has 0 aromatic carbocycles. The minimum atomic E-state index is -3.25. The van der Waals surface area contributed by atoms with Crippen molar-refractivity contribution in [3.63, 3.8) is 0 Å². The molecular formula is C19H30N4O4S. The highest BCUT2D eigenvalue weighted by atomic mass is 32.2. The molecule has 1 aliphatic heterocycles. The van der Waals surface area contributed by atoms with Crippen LogP contribution in [0, 0.1) is 5.92 Å². The molecule has 28 heavy (non-hydrogen) atoms. The van der Waals surface area contributed by atoms with Crippen molar-refractivity contribution in [3.8, 4) is 0 Å². The highest BCUT2D eigenvalue weighted by Crippen LogP contribution is 2.40. The van der Waals surface area contributed by atoms with Crippen molar-refractivity contribution in [3.05, 3.63) is 17.5 Å². The van der Waals surface area contributed by atoms with E-state index in [4.69, 9.17) is 10.3 Å². The van der Waals surface area contributed by atoms with E-state index in [2.05, 4.69) is 10.5 Å². The number of nitrogens with one attached hydrogen (secondary N) is 1. The first-order valence-electron chi connectivity index (χ1n) is 10.4. The van der Waals surface area contributed by atoms with Crippen LogP contribution in [0.4, 0.5) is 0 Å². The maximum Gasteiger partial charge on any atom is 0.273 e. The minimum absolute atomic E-state index is 0.0345. The topological polar surface area (TPSA) is 119 Å². The van der Waals surface area contributed by atoms with Gasteiger partial charge >= 0.3 is 0 Å². The number of aromatic nitrogens is 1. The number of amides is 1. The van der Waals surface area contributed by atoms with Gasteiger partial charge in [0.1, 0.15) is 5.76 Å². The Labute approximate surface area is 166 Å². The van der Waals surface area contributed by atoms with Gasteiger partial charge in [-0.15, -0.1) is 0 Å². The zero-order valence-electron chi connectivity index (χ0n) is 16.2. The lowest BCUT2D eigenvalue weighted by atomic mass is 9.88. The van der Waals surface area contributed by atoms with E-state index in [0.717, 1.165) is 44.3 Å². The fourth-order valence-corrected chi connectivity index (χ4v) is 6.16. The summed E-state index contributed by atoms with van der Waals surface area (Å²) in [5.74, 6) is 1.40. The molecule has 2 saturated carbocycles. The Hall–Kier alpha value is -1.45. The standard InChI is InChI=1S/C19H30N4O4S/c20-15-5-1-13(2-6-15)12-28(25,26)23-9-7-16(8-10-23)21-19(24)17-11-18(27-22-17)14-3-4-14/h11,13-16H,1-10,12,20H2,(H,21,24). The van der Waals surface area contributed by atoms with Crippen molar-refractivity contribution >= 4 is 15.9 Å². The Balaban J connectivity index is 1.24. The quantitative estimate of drug-likeness (QED) is 0.735. The zero-order valence-corrected chi connectivity index (χ0v) is 17.0. The van der Waals surface area contributed by atoms with Gasteiger partial charge in [-0.1, -0.05) is 5.16 Å². The summed E-state index contributed by atoms with van der Waals surface area (Å²) in [6.45, 7) is 0.900. The monoisotopic (exact) mass is 410 g/mol. The van der Waals surface area contributed by atoms with Gasteiger partial charge < -0.3 is 15.6 Å². The number of hydrogen-bond donors (Lipinski definition) is 2. The number of nitrogens with two attached hydrogens (primary N) is 1. The fourth-order valence-electron chi connectivity index (χ4n) is 4.25. The van der Waals surface area contributed by atoms with E-state index in [1.54, 1.807) is 10.4 Å². The smallest absolute Gasteiger partial charge is 0.273 e. The van der Waals surface area contributed by atoms with Crippen molar-refractivity contribution in [1.29, 1.82) is 0 Å². The van der Waals surface area contributed by atoms with Gasteiger partial charge in [-0.25, -0.2) is 12.7 Å². The molecule has 1 saturated heterocycles. The number of rotatable bonds is 6. The van der Waals surface area contributed by atoms with Crippen LogP contribution in [0.1, 0.15) is 73.5 Å². The van der Waals surface area contributed by atoms with Crippen LogP contribution < -0.4 is 11.1 Å². The number of piperidine rings is 1. The first-order valence-corrected chi connectivity index (χ1v) is 12.0. The van der Waals surface area contributed by atoms with E-state index >= 15 is 0 Å². The van der Waals surface area contributed by atoms with Crippen LogP contribution >= 0.6 is 0 Å². The molecule has 0 atom stereocenters. The summed E-state index contributed by atoms with van der Waals surface area (Å²) in [7, 11) is -3.25. The summed E-state index contributed by atoms with van der Waals surface area (Å²) in [6, 6.07) is 1.92. The maximum atomic E-state index is 12.7. The Morgan fingerprint density at radius 1 is 1.14 bits per heavy atom. The number of carbonyl (C=O) groups is 1. The van der Waals surface area contributed by atoms with Crippen LogP contribution in [-0.4, -0.2) is 54.7 Å². The van der Waals surface area contributed by atoms with E-state index in [0.29, 0.717) is 37.5 Å². The number of carbonyl (C=O) groups excluding carboxylic acids is 1. The van der Waals surface area contributed by atoms with Gasteiger partial charge in [0.25, 0.3) is 5.91 Å². The van der Waals surface area contributed by atoms with E-state index < -0.39 is 10.0 Å². The molecule has 0 bridgehead atoms. The molecule has 156 valence electrons. The molecule has 0 unspecified atom stereocenters.